The molecule has 0 bridgehead atoms. The van der Waals surface area contributed by atoms with Crippen molar-refractivity contribution in [3.05, 3.63) is 11.6 Å². The number of hydrogen-bond acceptors (Lipinski definition) is 1. The van der Waals surface area contributed by atoms with Gasteiger partial charge in [0.05, 0.1) is 0 Å². The summed E-state index contributed by atoms with van der Waals surface area (Å²) in [6.07, 6.45) is 6.24. The van der Waals surface area contributed by atoms with Crippen molar-refractivity contribution >= 4 is 15.9 Å². The normalized spacial score (nSPS) is 10.5. The molecule has 0 aliphatic carbocycles. The fourth-order valence-corrected chi connectivity index (χ4v) is 1.48. The van der Waals surface area contributed by atoms with Gasteiger partial charge in [-0.1, -0.05) is 34.0 Å². The Bertz CT molecular complexity index is 139. The van der Waals surface area contributed by atoms with Crippen molar-refractivity contribution in [2.75, 3.05) is 25.5 Å². The van der Waals surface area contributed by atoms with E-state index in [4.69, 9.17) is 0 Å². The summed E-state index contributed by atoms with van der Waals surface area (Å²) in [5, 5.41) is 1.14. The maximum Gasteiger partial charge on any atom is 0.0162 e. The Balaban J connectivity index is 3.30. The second-order valence-corrected chi connectivity index (χ2v) is 4.59. The average Bonchev–Trinajstić information content (AvgIpc) is 2.09. The lowest BCUT2D eigenvalue weighted by atomic mass is 10.2. The minimum atomic E-state index is 1.09. The maximum atomic E-state index is 3.44. The standard InChI is InChI=1S/C11H22BrN/c1-11(2)7-10-13(3)9-6-4-5-8-12/h7H,4-6,8-10H2,1-3H3. The van der Waals surface area contributed by atoms with Crippen LogP contribution in [0.5, 0.6) is 0 Å². The molecule has 78 valence electrons. The third-order valence-electron chi connectivity index (χ3n) is 1.98. The minimum Gasteiger partial charge on any atom is -0.303 e. The number of allylic oxidation sites excluding steroid dienone is 1. The summed E-state index contributed by atoms with van der Waals surface area (Å²) in [5.74, 6) is 0. The smallest absolute Gasteiger partial charge is 0.0162 e. The van der Waals surface area contributed by atoms with Crippen molar-refractivity contribution in [1.82, 2.24) is 4.90 Å². The first kappa shape index (κ1) is 13.2. The largest absolute Gasteiger partial charge is 0.303 e. The van der Waals surface area contributed by atoms with Crippen LogP contribution in [0.2, 0.25) is 0 Å². The Hall–Kier alpha value is 0.180. The van der Waals surface area contributed by atoms with E-state index in [-0.39, 0.29) is 0 Å². The van der Waals surface area contributed by atoms with E-state index in [1.807, 2.05) is 0 Å². The van der Waals surface area contributed by atoms with Gasteiger partial charge in [-0.15, -0.1) is 0 Å². The van der Waals surface area contributed by atoms with Gasteiger partial charge in [-0.3, -0.25) is 0 Å². The molecule has 0 radical (unpaired) electrons. The molecule has 0 aromatic heterocycles. The Morgan fingerprint density at radius 1 is 1.23 bits per heavy atom. The van der Waals surface area contributed by atoms with Gasteiger partial charge < -0.3 is 4.90 Å². The summed E-state index contributed by atoms with van der Waals surface area (Å²) in [6, 6.07) is 0. The second kappa shape index (κ2) is 8.76. The summed E-state index contributed by atoms with van der Waals surface area (Å²) < 4.78 is 0. The third kappa shape index (κ3) is 10.1. The third-order valence-corrected chi connectivity index (χ3v) is 2.55. The van der Waals surface area contributed by atoms with Crippen LogP contribution in [0.1, 0.15) is 33.1 Å². The molecule has 0 unspecified atom stereocenters. The van der Waals surface area contributed by atoms with Crippen molar-refractivity contribution in [3.8, 4) is 0 Å². The Labute approximate surface area is 91.3 Å². The molecule has 0 aromatic rings. The average molecular weight is 248 g/mol. The Kier molecular flexibility index (Phi) is 8.89. The minimum absolute atomic E-state index is 1.09. The molecule has 0 saturated carbocycles. The second-order valence-electron chi connectivity index (χ2n) is 3.79. The number of likely N-dealkylation sites (N-methyl/N-ethyl adjacent to an activating group) is 1. The van der Waals surface area contributed by atoms with Gasteiger partial charge in [-0.2, -0.15) is 0 Å². The number of nitrogens with zero attached hydrogens (tertiary/aromatic N) is 1. The molecule has 1 nitrogen and oxygen atoms in total. The van der Waals surface area contributed by atoms with E-state index in [0.29, 0.717) is 0 Å². The van der Waals surface area contributed by atoms with E-state index in [1.54, 1.807) is 0 Å². The summed E-state index contributed by atoms with van der Waals surface area (Å²) in [7, 11) is 2.19. The molecule has 13 heavy (non-hydrogen) atoms. The van der Waals surface area contributed by atoms with Crippen molar-refractivity contribution in [1.29, 1.82) is 0 Å². The van der Waals surface area contributed by atoms with Crippen LogP contribution in [-0.4, -0.2) is 30.4 Å². The highest BCUT2D eigenvalue weighted by Crippen LogP contribution is 2.00. The fourth-order valence-electron chi connectivity index (χ4n) is 1.08. The molecular formula is C11H22BrN. The van der Waals surface area contributed by atoms with Crippen LogP contribution in [0.15, 0.2) is 11.6 Å². The molecule has 0 aromatic carbocycles. The molecule has 0 aliphatic heterocycles. The van der Waals surface area contributed by atoms with Gasteiger partial charge in [-0.05, 0) is 40.3 Å². The highest BCUT2D eigenvalue weighted by Gasteiger charge is 1.94. The highest BCUT2D eigenvalue weighted by atomic mass is 79.9. The monoisotopic (exact) mass is 247 g/mol. The molecule has 2 heteroatoms. The van der Waals surface area contributed by atoms with Crippen LogP contribution < -0.4 is 0 Å². The molecule has 0 spiro atoms. The van der Waals surface area contributed by atoms with Crippen LogP contribution >= 0.6 is 15.9 Å². The number of alkyl halides is 1. The van der Waals surface area contributed by atoms with Crippen LogP contribution in [0.25, 0.3) is 0 Å². The molecule has 0 aliphatic rings. The van der Waals surface area contributed by atoms with Gasteiger partial charge in [0.25, 0.3) is 0 Å². The summed E-state index contributed by atoms with van der Waals surface area (Å²) in [5.41, 5.74) is 1.41. The first-order valence-electron chi connectivity index (χ1n) is 5.04. The zero-order chi connectivity index (χ0) is 10.1. The fraction of sp³-hybridized carbons (Fsp3) is 0.818. The number of halogens is 1. The van der Waals surface area contributed by atoms with E-state index in [9.17, 15) is 0 Å². The molecule has 0 amide bonds. The van der Waals surface area contributed by atoms with E-state index in [1.165, 1.54) is 31.4 Å². The zero-order valence-corrected chi connectivity index (χ0v) is 10.7. The van der Waals surface area contributed by atoms with E-state index >= 15 is 0 Å². The summed E-state index contributed by atoms with van der Waals surface area (Å²) in [4.78, 5) is 2.38. The van der Waals surface area contributed by atoms with Gasteiger partial charge in [-0.25, -0.2) is 0 Å². The van der Waals surface area contributed by atoms with Crippen LogP contribution in [-0.2, 0) is 0 Å². The highest BCUT2D eigenvalue weighted by molar-refractivity contribution is 9.09. The quantitative estimate of drug-likeness (QED) is 0.379. The maximum absolute atomic E-state index is 3.44. The molecule has 0 atom stereocenters. The first-order chi connectivity index (χ1) is 6.16. The SMILES string of the molecule is CC(C)=CCN(C)CCCCCBr. The lowest BCUT2D eigenvalue weighted by Gasteiger charge is -2.13. The number of unbranched alkanes of at least 4 members (excludes halogenated alkanes) is 2. The lowest BCUT2D eigenvalue weighted by molar-refractivity contribution is 0.358. The van der Waals surface area contributed by atoms with E-state index in [2.05, 4.69) is 47.8 Å². The first-order valence-corrected chi connectivity index (χ1v) is 6.17. The topological polar surface area (TPSA) is 3.24 Å². The van der Waals surface area contributed by atoms with Crippen LogP contribution in [0.3, 0.4) is 0 Å². The van der Waals surface area contributed by atoms with Gasteiger partial charge in [0.1, 0.15) is 0 Å². The molecule has 0 N–H and O–H groups in total. The van der Waals surface area contributed by atoms with Gasteiger partial charge in [0.2, 0.25) is 0 Å². The van der Waals surface area contributed by atoms with Crippen molar-refractivity contribution in [3.63, 3.8) is 0 Å². The number of hydrogen-bond donors (Lipinski definition) is 0. The van der Waals surface area contributed by atoms with Crippen molar-refractivity contribution in [2.45, 2.75) is 33.1 Å². The summed E-state index contributed by atoms with van der Waals surface area (Å²) in [6.45, 7) is 6.62. The van der Waals surface area contributed by atoms with Gasteiger partial charge in [0.15, 0.2) is 0 Å². The van der Waals surface area contributed by atoms with E-state index in [0.717, 1.165) is 11.9 Å². The lowest BCUT2D eigenvalue weighted by Crippen LogP contribution is -2.19. The van der Waals surface area contributed by atoms with E-state index < -0.39 is 0 Å². The summed E-state index contributed by atoms with van der Waals surface area (Å²) >= 11 is 3.44. The molecule has 0 heterocycles. The van der Waals surface area contributed by atoms with Crippen molar-refractivity contribution < 1.29 is 0 Å². The molecular weight excluding hydrogens is 226 g/mol. The zero-order valence-electron chi connectivity index (χ0n) is 9.15. The molecule has 0 rings (SSSR count). The van der Waals surface area contributed by atoms with Crippen LogP contribution in [0.4, 0.5) is 0 Å². The molecule has 0 fully saturated rings. The van der Waals surface area contributed by atoms with Crippen LogP contribution in [0, 0.1) is 0 Å². The predicted molar refractivity (Wildman–Crippen MR) is 64.6 cm³/mol. The predicted octanol–water partition coefficient (Wildman–Crippen LogP) is 3.45. The van der Waals surface area contributed by atoms with Gasteiger partial charge in [0, 0.05) is 11.9 Å². The van der Waals surface area contributed by atoms with Gasteiger partial charge >= 0.3 is 0 Å². The Morgan fingerprint density at radius 2 is 1.92 bits per heavy atom. The van der Waals surface area contributed by atoms with Crippen molar-refractivity contribution in [2.24, 2.45) is 0 Å². The number of rotatable bonds is 7. The Morgan fingerprint density at radius 3 is 2.46 bits per heavy atom. The molecule has 0 saturated heterocycles.